The van der Waals surface area contributed by atoms with Crippen LogP contribution in [0.1, 0.15) is 0 Å². The molecule has 0 amide bonds. The third kappa shape index (κ3) is 9.91. The van der Waals surface area contributed by atoms with Crippen molar-refractivity contribution in [3.63, 3.8) is 0 Å². The van der Waals surface area contributed by atoms with Crippen LogP contribution < -0.4 is 34.0 Å². The maximum atomic E-state index is 0. The van der Waals surface area contributed by atoms with Crippen molar-refractivity contribution in [1.82, 2.24) is 0 Å². The van der Waals surface area contributed by atoms with Gasteiger partial charge in [-0.2, -0.15) is 0 Å². The van der Waals surface area contributed by atoms with E-state index in [9.17, 15) is 0 Å². The van der Waals surface area contributed by atoms with Gasteiger partial charge in [0.15, 0.2) is 0 Å². The third-order valence-corrected chi connectivity index (χ3v) is 0. The van der Waals surface area contributed by atoms with Gasteiger partial charge in [-0.1, -0.05) is 0 Å². The summed E-state index contributed by atoms with van der Waals surface area (Å²) in [7, 11) is 0. The van der Waals surface area contributed by atoms with E-state index in [1.807, 2.05) is 0 Å². The van der Waals surface area contributed by atoms with Crippen LogP contribution in [0.15, 0.2) is 0 Å². The van der Waals surface area contributed by atoms with Gasteiger partial charge in [-0.05, 0) is 0 Å². The molecular formula is H2Br2CoO. The van der Waals surface area contributed by atoms with Crippen LogP contribution >= 0.6 is 0 Å². The molecule has 0 fully saturated rings. The Morgan fingerprint density at radius 1 is 0.750 bits per heavy atom. The Labute approximate surface area is 56.2 Å². The quantitative estimate of drug-likeness (QED) is 0.401. The Balaban J connectivity index is 0. The van der Waals surface area contributed by atoms with Gasteiger partial charge in [-0.15, -0.1) is 0 Å². The topological polar surface area (TPSA) is 31.5 Å². The van der Waals surface area contributed by atoms with Crippen LogP contribution in [0.3, 0.4) is 0 Å². The van der Waals surface area contributed by atoms with Crippen molar-refractivity contribution in [3.05, 3.63) is 0 Å². The van der Waals surface area contributed by atoms with E-state index in [0.29, 0.717) is 0 Å². The van der Waals surface area contributed by atoms with Gasteiger partial charge in [0.1, 0.15) is 0 Å². The van der Waals surface area contributed by atoms with Gasteiger partial charge in [-0.3, -0.25) is 0 Å². The van der Waals surface area contributed by atoms with Gasteiger partial charge >= 0.3 is 16.8 Å². The van der Waals surface area contributed by atoms with Crippen LogP contribution in [-0.2, 0) is 16.8 Å². The predicted molar refractivity (Wildman–Crippen MR) is 3.61 cm³/mol. The zero-order valence-corrected chi connectivity index (χ0v) is 5.80. The summed E-state index contributed by atoms with van der Waals surface area (Å²) in [5, 5.41) is 0. The molecule has 1 radical (unpaired) electrons. The summed E-state index contributed by atoms with van der Waals surface area (Å²) in [5.74, 6) is 0. The standard InChI is InChI=1S/2BrH.Co.H2O/h2*1H;;1H2/q;;+2;/p-2. The Morgan fingerprint density at radius 2 is 0.750 bits per heavy atom. The van der Waals surface area contributed by atoms with E-state index >= 15 is 0 Å². The van der Waals surface area contributed by atoms with Crippen molar-refractivity contribution < 1.29 is 56.2 Å². The number of halogens is 2. The molecule has 2 N–H and O–H groups in total. The zero-order chi connectivity index (χ0) is 0. The molecule has 31 valence electrons. The molecule has 0 aromatic heterocycles. The summed E-state index contributed by atoms with van der Waals surface area (Å²) in [6.07, 6.45) is 0. The molecule has 0 bridgehead atoms. The van der Waals surface area contributed by atoms with Crippen molar-refractivity contribution in [3.8, 4) is 0 Å². The Kier molecular flexibility index (Phi) is 334. The van der Waals surface area contributed by atoms with E-state index in [2.05, 4.69) is 0 Å². The van der Waals surface area contributed by atoms with E-state index in [4.69, 9.17) is 0 Å². The largest absolute Gasteiger partial charge is 2.00 e. The summed E-state index contributed by atoms with van der Waals surface area (Å²) >= 11 is 0. The second-order valence-corrected chi connectivity index (χ2v) is 0. The van der Waals surface area contributed by atoms with Gasteiger partial charge in [0.05, 0.1) is 0 Å². The van der Waals surface area contributed by atoms with Crippen LogP contribution in [0.25, 0.3) is 0 Å². The minimum absolute atomic E-state index is 0. The van der Waals surface area contributed by atoms with Crippen molar-refractivity contribution in [2.75, 3.05) is 0 Å². The molecule has 0 unspecified atom stereocenters. The number of hydrogen-bond acceptors (Lipinski definition) is 0. The summed E-state index contributed by atoms with van der Waals surface area (Å²) in [6.45, 7) is 0. The van der Waals surface area contributed by atoms with Gasteiger partial charge in [-0.25, -0.2) is 0 Å². The van der Waals surface area contributed by atoms with Crippen LogP contribution in [0.4, 0.5) is 0 Å². The average molecular weight is 237 g/mol. The molecule has 0 aromatic carbocycles. The van der Waals surface area contributed by atoms with E-state index in [-0.39, 0.29) is 56.2 Å². The summed E-state index contributed by atoms with van der Waals surface area (Å²) in [6, 6.07) is 0. The smallest absolute Gasteiger partial charge is 1.00 e. The van der Waals surface area contributed by atoms with Crippen molar-refractivity contribution in [1.29, 1.82) is 0 Å². The normalized spacial score (nSPS) is 0. The second-order valence-electron chi connectivity index (χ2n) is 0. The van der Waals surface area contributed by atoms with E-state index in [0.717, 1.165) is 0 Å². The van der Waals surface area contributed by atoms with E-state index in [1.54, 1.807) is 0 Å². The first kappa shape index (κ1) is 52.3. The fourth-order valence-corrected chi connectivity index (χ4v) is 0. The van der Waals surface area contributed by atoms with Crippen LogP contribution in [-0.4, -0.2) is 5.48 Å². The molecule has 4 heavy (non-hydrogen) atoms. The minimum Gasteiger partial charge on any atom is -1.00 e. The van der Waals surface area contributed by atoms with Gasteiger partial charge in [0.2, 0.25) is 0 Å². The number of hydrogen-bond donors (Lipinski definition) is 0. The summed E-state index contributed by atoms with van der Waals surface area (Å²) in [4.78, 5) is 0. The Hall–Kier alpha value is 1.43. The molecule has 1 nitrogen and oxygen atoms in total. The molecule has 0 saturated heterocycles. The summed E-state index contributed by atoms with van der Waals surface area (Å²) in [5.41, 5.74) is 0. The molecule has 0 aliphatic rings. The Bertz CT molecular complexity index is 6.00. The second kappa shape index (κ2) is 25.5. The van der Waals surface area contributed by atoms with Crippen LogP contribution in [0.5, 0.6) is 0 Å². The zero-order valence-electron chi connectivity index (χ0n) is 1.59. The van der Waals surface area contributed by atoms with Crippen LogP contribution in [0.2, 0.25) is 0 Å². The van der Waals surface area contributed by atoms with Crippen molar-refractivity contribution in [2.45, 2.75) is 0 Å². The van der Waals surface area contributed by atoms with E-state index in [1.165, 1.54) is 0 Å². The molecule has 4 heteroatoms. The Morgan fingerprint density at radius 3 is 0.750 bits per heavy atom. The minimum atomic E-state index is 0. The SMILES string of the molecule is O.[Br-].[Br-].[Co+2]. The first-order valence-electron chi connectivity index (χ1n) is 0. The maximum absolute atomic E-state index is 0. The van der Waals surface area contributed by atoms with Crippen molar-refractivity contribution in [2.24, 2.45) is 0 Å². The molecule has 0 saturated carbocycles. The molecule has 0 spiro atoms. The number of rotatable bonds is 0. The fraction of sp³-hybridized carbons (Fsp3) is 0. The fourth-order valence-electron chi connectivity index (χ4n) is 0. The maximum Gasteiger partial charge on any atom is 2.00 e. The van der Waals surface area contributed by atoms with Crippen molar-refractivity contribution >= 4 is 0 Å². The average Bonchev–Trinajstić information content (AvgIpc) is 0. The van der Waals surface area contributed by atoms with E-state index < -0.39 is 0 Å². The molecule has 0 aliphatic carbocycles. The molecular weight excluding hydrogens is 235 g/mol. The molecule has 0 rings (SSSR count). The first-order chi connectivity index (χ1) is 0. The molecule has 0 aromatic rings. The van der Waals surface area contributed by atoms with Gasteiger partial charge in [0.25, 0.3) is 0 Å². The third-order valence-electron chi connectivity index (χ3n) is 0. The first-order valence-corrected chi connectivity index (χ1v) is 0. The van der Waals surface area contributed by atoms with Gasteiger partial charge in [0, 0.05) is 0 Å². The predicted octanol–water partition coefficient (Wildman–Crippen LogP) is -6.82. The monoisotopic (exact) mass is 235 g/mol. The van der Waals surface area contributed by atoms with Crippen LogP contribution in [0, 0.1) is 0 Å². The van der Waals surface area contributed by atoms with Gasteiger partial charge < -0.3 is 39.4 Å². The molecule has 0 heterocycles. The summed E-state index contributed by atoms with van der Waals surface area (Å²) < 4.78 is 0. The molecule has 0 atom stereocenters. The molecule has 0 aliphatic heterocycles.